The van der Waals surface area contributed by atoms with Crippen molar-refractivity contribution in [3.05, 3.63) is 54.1 Å². The Labute approximate surface area is 153 Å². The number of hydrogen-bond acceptors (Lipinski definition) is 3. The van der Waals surface area contributed by atoms with Crippen LogP contribution < -0.4 is 9.64 Å². The molecule has 0 spiro atoms. The van der Waals surface area contributed by atoms with Crippen molar-refractivity contribution in [3.63, 3.8) is 0 Å². The Hall–Kier alpha value is -2.79. The van der Waals surface area contributed by atoms with E-state index in [1.54, 1.807) is 20.1 Å². The minimum atomic E-state index is -1.03. The molecule has 2 aromatic carbocycles. The number of amides is 1. The molecule has 26 heavy (non-hydrogen) atoms. The fourth-order valence-electron chi connectivity index (χ4n) is 3.54. The molecule has 0 fully saturated rings. The molecule has 0 saturated heterocycles. The van der Waals surface area contributed by atoms with E-state index >= 15 is 0 Å². The zero-order valence-electron chi connectivity index (χ0n) is 15.4. The Morgan fingerprint density at radius 1 is 1.15 bits per heavy atom. The molecule has 0 aliphatic carbocycles. The quantitative estimate of drug-likeness (QED) is 0.858. The number of fused-ring (bicyclic) bond motifs is 1. The van der Waals surface area contributed by atoms with E-state index in [-0.39, 0.29) is 0 Å². The minimum Gasteiger partial charge on any atom is -0.496 e. The van der Waals surface area contributed by atoms with E-state index in [0.29, 0.717) is 11.3 Å². The van der Waals surface area contributed by atoms with Gasteiger partial charge < -0.3 is 14.9 Å². The summed E-state index contributed by atoms with van der Waals surface area (Å²) < 4.78 is 5.44. The highest BCUT2D eigenvalue weighted by molar-refractivity contribution is 5.98. The predicted octanol–water partition coefficient (Wildman–Crippen LogP) is 4.40. The monoisotopic (exact) mass is 353 g/mol. The summed E-state index contributed by atoms with van der Waals surface area (Å²) in [5, 5.41) is 20.0. The van der Waals surface area contributed by atoms with Crippen molar-refractivity contribution in [2.45, 2.75) is 32.4 Å². The van der Waals surface area contributed by atoms with Crippen LogP contribution in [0.4, 0.5) is 10.5 Å². The van der Waals surface area contributed by atoms with Gasteiger partial charge in [-0.05, 0) is 50.1 Å². The molecule has 1 unspecified atom stereocenters. The van der Waals surface area contributed by atoms with E-state index in [0.717, 1.165) is 22.4 Å². The molecule has 1 amide bonds. The topological polar surface area (TPSA) is 70.0 Å². The molecule has 0 aromatic heterocycles. The highest BCUT2D eigenvalue weighted by atomic mass is 16.5. The van der Waals surface area contributed by atoms with Crippen LogP contribution in [0.5, 0.6) is 5.75 Å². The number of hydrogen-bond donors (Lipinski definition) is 2. The Morgan fingerprint density at radius 3 is 2.46 bits per heavy atom. The molecule has 2 N–H and O–H groups in total. The van der Waals surface area contributed by atoms with Crippen LogP contribution in [0.1, 0.15) is 26.3 Å². The van der Waals surface area contributed by atoms with Crippen LogP contribution in [-0.2, 0) is 0 Å². The second kappa shape index (κ2) is 6.50. The summed E-state index contributed by atoms with van der Waals surface area (Å²) in [7, 11) is 1.62. The number of aliphatic hydroxyl groups is 1. The van der Waals surface area contributed by atoms with Gasteiger partial charge in [-0.25, -0.2) is 4.79 Å². The average Bonchev–Trinajstić information content (AvgIpc) is 2.59. The number of aliphatic hydroxyl groups excluding tert-OH is 1. The van der Waals surface area contributed by atoms with Crippen molar-refractivity contribution < 1.29 is 19.7 Å². The highest BCUT2D eigenvalue weighted by Crippen LogP contribution is 2.43. The fraction of sp³-hybridized carbons (Fsp3) is 0.286. The summed E-state index contributed by atoms with van der Waals surface area (Å²) in [6.45, 7) is 5.33. The van der Waals surface area contributed by atoms with Crippen molar-refractivity contribution in [1.82, 2.24) is 0 Å². The van der Waals surface area contributed by atoms with Gasteiger partial charge in [0.2, 0.25) is 0 Å². The highest BCUT2D eigenvalue weighted by Gasteiger charge is 2.37. The summed E-state index contributed by atoms with van der Waals surface area (Å²) in [5.74, 6) is 0.737. The second-order valence-corrected chi connectivity index (χ2v) is 6.98. The van der Waals surface area contributed by atoms with E-state index in [1.165, 1.54) is 4.90 Å². The van der Waals surface area contributed by atoms with Crippen molar-refractivity contribution in [2.24, 2.45) is 0 Å². The molecule has 1 aliphatic heterocycles. The lowest BCUT2D eigenvalue weighted by Crippen LogP contribution is -2.48. The zero-order chi connectivity index (χ0) is 19.1. The number of carboxylic acid groups (broad SMARTS) is 1. The second-order valence-electron chi connectivity index (χ2n) is 6.98. The standard InChI is InChI=1S/C21H23NO4/c1-13(23)17-12-21(2,3)22(20(24)25)18-10-9-14(11-16(17)18)15-7-5-6-8-19(15)26-4/h5-13,23H,1-4H3,(H,24,25). The van der Waals surface area contributed by atoms with Crippen LogP contribution in [0, 0.1) is 0 Å². The van der Waals surface area contributed by atoms with E-state index in [1.807, 2.05) is 56.3 Å². The maximum Gasteiger partial charge on any atom is 0.412 e. The van der Waals surface area contributed by atoms with Gasteiger partial charge in [-0.1, -0.05) is 30.3 Å². The third-order valence-corrected chi connectivity index (χ3v) is 4.69. The maximum absolute atomic E-state index is 11.9. The lowest BCUT2D eigenvalue weighted by atomic mass is 9.85. The lowest BCUT2D eigenvalue weighted by Gasteiger charge is -2.40. The largest absolute Gasteiger partial charge is 0.496 e. The number of ether oxygens (including phenoxy) is 1. The van der Waals surface area contributed by atoms with E-state index in [9.17, 15) is 15.0 Å². The Balaban J connectivity index is 2.24. The van der Waals surface area contributed by atoms with Gasteiger partial charge in [0.25, 0.3) is 0 Å². The molecule has 3 rings (SSSR count). The molecule has 0 radical (unpaired) electrons. The number of para-hydroxylation sites is 1. The number of methoxy groups -OCH3 is 1. The van der Waals surface area contributed by atoms with Crippen LogP contribution in [0.15, 0.2) is 48.5 Å². The molecule has 136 valence electrons. The normalized spacial score (nSPS) is 16.5. The molecule has 1 aliphatic rings. The molecular formula is C21H23NO4. The van der Waals surface area contributed by atoms with Gasteiger partial charge in [0.15, 0.2) is 0 Å². The summed E-state index contributed by atoms with van der Waals surface area (Å²) in [6, 6.07) is 13.2. The molecule has 5 heteroatoms. The van der Waals surface area contributed by atoms with Gasteiger partial charge in [0.05, 0.1) is 24.4 Å². The van der Waals surface area contributed by atoms with Gasteiger partial charge in [-0.3, -0.25) is 4.90 Å². The van der Waals surface area contributed by atoms with Crippen molar-refractivity contribution >= 4 is 17.4 Å². The third kappa shape index (κ3) is 2.95. The number of rotatable bonds is 3. The Bertz CT molecular complexity index is 883. The number of carbonyl (C=O) groups is 1. The SMILES string of the molecule is COc1ccccc1-c1ccc2c(c1)C(C(C)O)=CC(C)(C)N2C(=O)O. The predicted molar refractivity (Wildman–Crippen MR) is 103 cm³/mol. The molecular weight excluding hydrogens is 330 g/mol. The number of benzene rings is 2. The maximum atomic E-state index is 11.9. The van der Waals surface area contributed by atoms with E-state index in [4.69, 9.17) is 4.74 Å². The average molecular weight is 353 g/mol. The molecule has 0 saturated carbocycles. The van der Waals surface area contributed by atoms with Gasteiger partial charge in [0, 0.05) is 11.1 Å². The number of nitrogens with zero attached hydrogens (tertiary/aromatic N) is 1. The van der Waals surface area contributed by atoms with Gasteiger partial charge in [-0.15, -0.1) is 0 Å². The molecule has 0 bridgehead atoms. The molecule has 2 aromatic rings. The van der Waals surface area contributed by atoms with Crippen LogP contribution in [-0.4, -0.2) is 35.1 Å². The van der Waals surface area contributed by atoms with Crippen molar-refractivity contribution in [1.29, 1.82) is 0 Å². The third-order valence-electron chi connectivity index (χ3n) is 4.69. The van der Waals surface area contributed by atoms with Crippen LogP contribution in [0.3, 0.4) is 0 Å². The Morgan fingerprint density at radius 2 is 1.85 bits per heavy atom. The smallest absolute Gasteiger partial charge is 0.412 e. The van der Waals surface area contributed by atoms with E-state index in [2.05, 4.69) is 0 Å². The van der Waals surface area contributed by atoms with Crippen LogP contribution in [0.2, 0.25) is 0 Å². The summed E-state index contributed by atoms with van der Waals surface area (Å²) >= 11 is 0. The first-order valence-corrected chi connectivity index (χ1v) is 8.48. The fourth-order valence-corrected chi connectivity index (χ4v) is 3.54. The summed E-state index contributed by atoms with van der Waals surface area (Å²) in [5.41, 5.74) is 3.06. The van der Waals surface area contributed by atoms with Crippen LogP contribution in [0.25, 0.3) is 16.7 Å². The van der Waals surface area contributed by atoms with Crippen LogP contribution >= 0.6 is 0 Å². The van der Waals surface area contributed by atoms with E-state index < -0.39 is 17.7 Å². The van der Waals surface area contributed by atoms with Crippen molar-refractivity contribution in [3.8, 4) is 16.9 Å². The first-order chi connectivity index (χ1) is 12.3. The zero-order valence-corrected chi connectivity index (χ0v) is 15.4. The van der Waals surface area contributed by atoms with Gasteiger partial charge in [0.1, 0.15) is 5.75 Å². The first-order valence-electron chi connectivity index (χ1n) is 8.48. The van der Waals surface area contributed by atoms with Gasteiger partial charge >= 0.3 is 6.09 Å². The minimum absolute atomic E-state index is 0.569. The molecule has 1 atom stereocenters. The summed E-state index contributed by atoms with van der Waals surface area (Å²) in [6.07, 6.45) is 0.0826. The van der Waals surface area contributed by atoms with Crippen molar-refractivity contribution in [2.75, 3.05) is 12.0 Å². The lowest BCUT2D eigenvalue weighted by molar-refractivity contribution is 0.196. The Kier molecular flexibility index (Phi) is 4.50. The summed E-state index contributed by atoms with van der Waals surface area (Å²) in [4.78, 5) is 13.2. The molecule has 5 nitrogen and oxygen atoms in total. The first kappa shape index (κ1) is 18.0. The van der Waals surface area contributed by atoms with Gasteiger partial charge in [-0.2, -0.15) is 0 Å². The molecule has 1 heterocycles. The number of anilines is 1.